The third kappa shape index (κ3) is 4.80. The molecule has 2 rings (SSSR count). The molecule has 22 heavy (non-hydrogen) atoms. The van der Waals surface area contributed by atoms with Gasteiger partial charge in [-0.25, -0.2) is 14.4 Å². The number of rotatable bonds is 6. The van der Waals surface area contributed by atoms with E-state index in [0.29, 0.717) is 30.6 Å². The normalized spacial score (nSPS) is 10.5. The van der Waals surface area contributed by atoms with Crippen molar-refractivity contribution in [1.82, 2.24) is 15.3 Å². The second kappa shape index (κ2) is 7.49. The molecule has 2 N–H and O–H groups in total. The van der Waals surface area contributed by atoms with Crippen molar-refractivity contribution < 1.29 is 9.18 Å². The maximum Gasteiger partial charge on any atom is 0.270 e. The first-order valence-electron chi connectivity index (χ1n) is 7.14. The van der Waals surface area contributed by atoms with Crippen LogP contribution >= 0.6 is 0 Å². The van der Waals surface area contributed by atoms with E-state index in [1.807, 2.05) is 13.8 Å². The van der Waals surface area contributed by atoms with Crippen molar-refractivity contribution in [3.05, 3.63) is 53.6 Å². The number of carbonyl (C=O) groups excluding carboxylic acids is 1. The second-order valence-electron chi connectivity index (χ2n) is 5.35. The standard InChI is InChI=1S/C16H19FN4O/c1-11(2)9-19-15(22)14-7-8-18-16(21-14)20-10-12-3-5-13(17)6-4-12/h3-8,11H,9-10H2,1-2H3,(H,19,22)(H,18,20,21). The van der Waals surface area contributed by atoms with Crippen LogP contribution in [0.5, 0.6) is 0 Å². The van der Waals surface area contributed by atoms with E-state index in [2.05, 4.69) is 20.6 Å². The summed E-state index contributed by atoms with van der Waals surface area (Å²) in [6.45, 7) is 5.10. The third-order valence-corrected chi connectivity index (χ3v) is 2.92. The van der Waals surface area contributed by atoms with Crippen molar-refractivity contribution in [3.8, 4) is 0 Å². The molecule has 1 heterocycles. The summed E-state index contributed by atoms with van der Waals surface area (Å²) in [5.41, 5.74) is 1.22. The van der Waals surface area contributed by atoms with Crippen LogP contribution < -0.4 is 10.6 Å². The molecule has 6 heteroatoms. The van der Waals surface area contributed by atoms with Crippen LogP contribution in [0.1, 0.15) is 29.9 Å². The minimum absolute atomic E-state index is 0.221. The van der Waals surface area contributed by atoms with Gasteiger partial charge in [0, 0.05) is 19.3 Å². The molecule has 116 valence electrons. The third-order valence-electron chi connectivity index (χ3n) is 2.92. The van der Waals surface area contributed by atoms with Gasteiger partial charge in [-0.2, -0.15) is 0 Å². The van der Waals surface area contributed by atoms with E-state index in [0.717, 1.165) is 5.56 Å². The largest absolute Gasteiger partial charge is 0.350 e. The van der Waals surface area contributed by atoms with Gasteiger partial charge < -0.3 is 10.6 Å². The van der Waals surface area contributed by atoms with Crippen molar-refractivity contribution in [1.29, 1.82) is 0 Å². The molecule has 1 aromatic carbocycles. The van der Waals surface area contributed by atoms with E-state index in [-0.39, 0.29) is 11.7 Å². The molecule has 0 aliphatic heterocycles. The van der Waals surface area contributed by atoms with Crippen molar-refractivity contribution in [3.63, 3.8) is 0 Å². The zero-order valence-electron chi connectivity index (χ0n) is 12.6. The Bertz CT molecular complexity index is 628. The zero-order chi connectivity index (χ0) is 15.9. The van der Waals surface area contributed by atoms with Gasteiger partial charge in [-0.15, -0.1) is 0 Å². The summed E-state index contributed by atoms with van der Waals surface area (Å²) in [5.74, 6) is 0.244. The van der Waals surface area contributed by atoms with Crippen LogP contribution in [0, 0.1) is 11.7 Å². The van der Waals surface area contributed by atoms with Crippen molar-refractivity contribution in [2.24, 2.45) is 5.92 Å². The molecule has 0 saturated heterocycles. The number of halogens is 1. The van der Waals surface area contributed by atoms with Gasteiger partial charge >= 0.3 is 0 Å². The minimum Gasteiger partial charge on any atom is -0.350 e. The highest BCUT2D eigenvalue weighted by molar-refractivity contribution is 5.92. The Morgan fingerprint density at radius 3 is 2.64 bits per heavy atom. The quantitative estimate of drug-likeness (QED) is 0.861. The number of aromatic nitrogens is 2. The Hall–Kier alpha value is -2.50. The van der Waals surface area contributed by atoms with E-state index < -0.39 is 0 Å². The molecule has 0 saturated carbocycles. The summed E-state index contributed by atoms with van der Waals surface area (Å²) in [6, 6.07) is 7.73. The maximum atomic E-state index is 12.8. The molecule has 0 bridgehead atoms. The van der Waals surface area contributed by atoms with Gasteiger partial charge in [0.2, 0.25) is 5.95 Å². The molecule has 0 aliphatic rings. The number of nitrogens with one attached hydrogen (secondary N) is 2. The smallest absolute Gasteiger partial charge is 0.270 e. The number of hydrogen-bond acceptors (Lipinski definition) is 4. The predicted octanol–water partition coefficient (Wildman–Crippen LogP) is 2.61. The summed E-state index contributed by atoms with van der Waals surface area (Å²) in [7, 11) is 0. The monoisotopic (exact) mass is 302 g/mol. The highest BCUT2D eigenvalue weighted by Crippen LogP contribution is 2.06. The maximum absolute atomic E-state index is 12.8. The fraction of sp³-hybridized carbons (Fsp3) is 0.312. The highest BCUT2D eigenvalue weighted by Gasteiger charge is 2.09. The van der Waals surface area contributed by atoms with Crippen LogP contribution in [-0.2, 0) is 6.54 Å². The number of benzene rings is 1. The lowest BCUT2D eigenvalue weighted by Gasteiger charge is -2.08. The lowest BCUT2D eigenvalue weighted by Crippen LogP contribution is -2.28. The number of hydrogen-bond donors (Lipinski definition) is 2. The molecule has 0 aliphatic carbocycles. The number of nitrogens with zero attached hydrogens (tertiary/aromatic N) is 2. The number of carbonyl (C=O) groups is 1. The SMILES string of the molecule is CC(C)CNC(=O)c1ccnc(NCc2ccc(F)cc2)n1. The molecule has 0 fully saturated rings. The Labute approximate surface area is 129 Å². The van der Waals surface area contributed by atoms with Crippen molar-refractivity contribution in [2.45, 2.75) is 20.4 Å². The average Bonchev–Trinajstić information content (AvgIpc) is 2.52. The molecule has 0 atom stereocenters. The molecular formula is C16H19FN4O. The first-order valence-corrected chi connectivity index (χ1v) is 7.14. The average molecular weight is 302 g/mol. The van der Waals surface area contributed by atoms with Gasteiger partial charge in [-0.05, 0) is 29.7 Å². The van der Waals surface area contributed by atoms with Gasteiger partial charge in [0.15, 0.2) is 0 Å². The summed E-state index contributed by atoms with van der Waals surface area (Å²) in [6.07, 6.45) is 1.53. The van der Waals surface area contributed by atoms with E-state index in [9.17, 15) is 9.18 Å². The summed E-state index contributed by atoms with van der Waals surface area (Å²) >= 11 is 0. The molecule has 0 unspecified atom stereocenters. The van der Waals surface area contributed by atoms with Gasteiger partial charge in [-0.1, -0.05) is 26.0 Å². The van der Waals surface area contributed by atoms with E-state index in [1.165, 1.54) is 18.3 Å². The van der Waals surface area contributed by atoms with Gasteiger partial charge in [0.1, 0.15) is 11.5 Å². The van der Waals surface area contributed by atoms with Gasteiger partial charge in [0.05, 0.1) is 0 Å². The van der Waals surface area contributed by atoms with Crippen LogP contribution in [0.3, 0.4) is 0 Å². The fourth-order valence-electron chi connectivity index (χ4n) is 1.74. The van der Waals surface area contributed by atoms with Crippen LogP contribution in [-0.4, -0.2) is 22.4 Å². The van der Waals surface area contributed by atoms with Crippen molar-refractivity contribution in [2.75, 3.05) is 11.9 Å². The van der Waals surface area contributed by atoms with Crippen LogP contribution in [0.4, 0.5) is 10.3 Å². The van der Waals surface area contributed by atoms with E-state index in [1.54, 1.807) is 18.2 Å². The summed E-state index contributed by atoms with van der Waals surface area (Å²) in [5, 5.41) is 5.82. The number of amides is 1. The molecule has 5 nitrogen and oxygen atoms in total. The van der Waals surface area contributed by atoms with Crippen LogP contribution in [0.2, 0.25) is 0 Å². The number of anilines is 1. The second-order valence-corrected chi connectivity index (χ2v) is 5.35. The summed E-state index contributed by atoms with van der Waals surface area (Å²) in [4.78, 5) is 20.2. The molecule has 0 radical (unpaired) electrons. The molecule has 2 aromatic rings. The Morgan fingerprint density at radius 1 is 1.23 bits per heavy atom. The lowest BCUT2D eigenvalue weighted by atomic mass is 10.2. The summed E-state index contributed by atoms with van der Waals surface area (Å²) < 4.78 is 12.8. The van der Waals surface area contributed by atoms with Gasteiger partial charge in [-0.3, -0.25) is 4.79 Å². The lowest BCUT2D eigenvalue weighted by molar-refractivity contribution is 0.0944. The van der Waals surface area contributed by atoms with Gasteiger partial charge in [0.25, 0.3) is 5.91 Å². The van der Waals surface area contributed by atoms with E-state index in [4.69, 9.17) is 0 Å². The molecule has 1 amide bonds. The Morgan fingerprint density at radius 2 is 1.95 bits per heavy atom. The topological polar surface area (TPSA) is 66.9 Å². The first-order chi connectivity index (χ1) is 10.5. The van der Waals surface area contributed by atoms with Crippen molar-refractivity contribution >= 4 is 11.9 Å². The molecule has 1 aromatic heterocycles. The Kier molecular flexibility index (Phi) is 5.41. The molecular weight excluding hydrogens is 283 g/mol. The van der Waals surface area contributed by atoms with E-state index >= 15 is 0 Å². The highest BCUT2D eigenvalue weighted by atomic mass is 19.1. The van der Waals surface area contributed by atoms with Crippen LogP contribution in [0.25, 0.3) is 0 Å². The Balaban J connectivity index is 1.96. The minimum atomic E-state index is -0.274. The zero-order valence-corrected chi connectivity index (χ0v) is 12.6. The fourth-order valence-corrected chi connectivity index (χ4v) is 1.74. The predicted molar refractivity (Wildman–Crippen MR) is 82.9 cm³/mol. The molecule has 0 spiro atoms. The first kappa shape index (κ1) is 15.9. The van der Waals surface area contributed by atoms with Crippen LogP contribution in [0.15, 0.2) is 36.5 Å².